The molecule has 10 radical (unpaired) electrons. The van der Waals surface area contributed by atoms with Crippen LogP contribution in [0.2, 0.25) is 0 Å². The van der Waals surface area contributed by atoms with Crippen LogP contribution < -0.4 is 0 Å². The van der Waals surface area contributed by atoms with Crippen molar-refractivity contribution in [1.82, 2.24) is 0 Å². The zero-order valence-corrected chi connectivity index (χ0v) is 40.9. The van der Waals surface area contributed by atoms with Gasteiger partial charge in [0.15, 0.2) is 0 Å². The Hall–Kier alpha value is -6.11. The molecular weight excluding hydrogens is 1040 g/mol. The summed E-state index contributed by atoms with van der Waals surface area (Å²) in [6, 6.07) is 82.0. The van der Waals surface area contributed by atoms with Crippen molar-refractivity contribution in [2.24, 2.45) is 0 Å². The Morgan fingerprint density at radius 1 is 0.200 bits per heavy atom. The largest absolute Gasteiger partial charge is 0 e. The summed E-state index contributed by atoms with van der Waals surface area (Å²) in [5, 5.41) is 23.2. The van der Waals surface area contributed by atoms with Crippen LogP contribution in [0.4, 0.5) is 0 Å². The quantitative estimate of drug-likeness (QED) is 0.0895. The standard InChI is InChI=1S/2C29H21O.4CO.2Ru.H/c2*30-29-27(23-17-9-3-10-18-23)25(21-13-5-1-6-14-21)26(22-15-7-2-8-16-22)28(29)24-19-11-4-12-20-24;4*1-2;;;/h2*1-20,30H;;;;;;;. The van der Waals surface area contributed by atoms with E-state index in [1.54, 1.807) is 0 Å². The molecule has 6 nitrogen and oxygen atoms in total. The van der Waals surface area contributed by atoms with Crippen molar-refractivity contribution in [3.63, 3.8) is 0 Å². The van der Waals surface area contributed by atoms with Gasteiger partial charge in [-0.1, -0.05) is 243 Å². The number of rotatable bonds is 8. The summed E-state index contributed by atoms with van der Waals surface area (Å²) in [4.78, 5) is 0. The third-order valence-corrected chi connectivity index (χ3v) is 10.9. The van der Waals surface area contributed by atoms with Crippen LogP contribution in [-0.4, -0.2) is 10.2 Å². The van der Waals surface area contributed by atoms with E-state index in [1.165, 1.54) is 0 Å². The fourth-order valence-electron chi connectivity index (χ4n) is 8.34. The Balaban J connectivity index is 0.000000317. The molecule has 10 rings (SSSR count). The van der Waals surface area contributed by atoms with Gasteiger partial charge in [-0.15, -0.1) is 0 Å². The first kappa shape index (κ1) is 58.2. The van der Waals surface area contributed by atoms with Crippen molar-refractivity contribution in [1.29, 1.82) is 0 Å². The molecule has 0 unspecified atom stereocenters. The summed E-state index contributed by atoms with van der Waals surface area (Å²) < 4.78 is 30.0. The molecule has 2 aliphatic rings. The number of aliphatic hydroxyl groups excluding tert-OH is 2. The van der Waals surface area contributed by atoms with Crippen molar-refractivity contribution in [3.05, 3.63) is 373 Å². The second kappa shape index (κ2) is 31.2. The van der Waals surface area contributed by atoms with Crippen LogP contribution in [0.1, 0.15) is 44.5 Å². The summed E-state index contributed by atoms with van der Waals surface area (Å²) in [7, 11) is 0. The topological polar surface area (TPSA) is 120 Å². The molecule has 8 aromatic carbocycles. The van der Waals surface area contributed by atoms with Crippen LogP contribution in [-0.2, 0) is 57.6 Å². The van der Waals surface area contributed by atoms with Crippen molar-refractivity contribution >= 4 is 0 Å². The number of hydrogen-bond donors (Lipinski definition) is 2. The van der Waals surface area contributed by atoms with Crippen LogP contribution in [0.15, 0.2) is 243 Å². The van der Waals surface area contributed by atoms with Gasteiger partial charge in [0.1, 0.15) is 12.2 Å². The van der Waals surface area contributed by atoms with Gasteiger partial charge in [-0.25, -0.2) is 0 Å². The molecule has 0 spiro atoms. The Morgan fingerprint density at radius 3 is 0.414 bits per heavy atom. The van der Waals surface area contributed by atoms with Gasteiger partial charge in [0.25, 0.3) is 0 Å². The summed E-state index contributed by atoms with van der Waals surface area (Å²) in [5.74, 6) is 7.74. The third kappa shape index (κ3) is 13.6. The van der Waals surface area contributed by atoms with Gasteiger partial charge < -0.3 is 10.2 Å². The molecule has 0 atom stereocenters. The fraction of sp³-hybridized carbons (Fsp3) is 0. The number of benzene rings is 8. The van der Waals surface area contributed by atoms with Crippen molar-refractivity contribution in [3.8, 4) is 0 Å². The molecule has 2 aliphatic carbocycles. The van der Waals surface area contributed by atoms with Crippen LogP contribution >= 0.6 is 0 Å². The van der Waals surface area contributed by atoms with Crippen LogP contribution in [0.25, 0.3) is 0 Å². The minimum Gasteiger partial charge on any atom is 0 e. The average Bonchev–Trinajstić information content (AvgIpc) is 3.93. The van der Waals surface area contributed by atoms with E-state index < -0.39 is 0 Å². The van der Waals surface area contributed by atoms with Crippen LogP contribution in [0.5, 0.6) is 0 Å². The Bertz CT molecular complexity index is 2330. The first-order chi connectivity index (χ1) is 33.7. The second-order valence-electron chi connectivity index (χ2n) is 14.6. The molecule has 2 N–H and O–H groups in total. The summed E-state index contributed by atoms with van der Waals surface area (Å²) in [5.41, 5.74) is 8.39. The number of aliphatic hydroxyl groups is 2. The van der Waals surface area contributed by atoms with Crippen molar-refractivity contribution in [2.45, 2.75) is 0 Å². The van der Waals surface area contributed by atoms with Crippen molar-refractivity contribution < 1.29 is 67.8 Å². The molecule has 70 heavy (non-hydrogen) atoms. The maximum Gasteiger partial charge on any atom is 0 e. The van der Waals surface area contributed by atoms with Gasteiger partial charge >= 0.3 is 64.7 Å². The smallest absolute Gasteiger partial charge is 0 e. The Morgan fingerprint density at radius 2 is 0.300 bits per heavy atom. The van der Waals surface area contributed by atoms with E-state index in [9.17, 15) is 10.2 Å². The molecule has 8 aromatic rings. The summed E-state index contributed by atoms with van der Waals surface area (Å²) >= 11 is 0. The van der Waals surface area contributed by atoms with Gasteiger partial charge in [-0.05, 0) is 44.5 Å². The minimum atomic E-state index is 0. The first-order valence-electron chi connectivity index (χ1n) is 21.0. The molecule has 343 valence electrons. The zero-order chi connectivity index (χ0) is 48.7. The molecule has 0 aromatic heterocycles. The molecule has 0 saturated heterocycles. The van der Waals surface area contributed by atoms with Crippen molar-refractivity contribution in [2.75, 3.05) is 0 Å². The SMILES string of the molecule is O[C]1[C](c2ccccc2)[C](c2ccccc2)[C](c2ccccc2)[C]1c1ccccc1.O[C]1[C](c2ccccc2)[C](c2ccccc2)[C](c2ccccc2)[C]1c1ccccc1.[C-]#[O+].[C-]#[O+].[C-]#[O+].[C-]#[O+].[RuH].[Ru]. The summed E-state index contributed by atoms with van der Waals surface area (Å²) in [6.07, 6.45) is 0.648. The molecule has 0 bridgehead atoms. The molecule has 2 fully saturated rings. The van der Waals surface area contributed by atoms with E-state index in [0.717, 1.165) is 91.9 Å². The predicted molar refractivity (Wildman–Crippen MR) is 258 cm³/mol. The Kier molecular flexibility index (Phi) is 25.9. The molecular formula is C62H43O6Ru2. The van der Waals surface area contributed by atoms with E-state index >= 15 is 0 Å². The van der Waals surface area contributed by atoms with Gasteiger partial charge in [-0.3, -0.25) is 0 Å². The summed E-state index contributed by atoms with van der Waals surface area (Å²) in [6.45, 7) is 18.0. The van der Waals surface area contributed by atoms with E-state index in [2.05, 4.69) is 124 Å². The zero-order valence-electron chi connectivity index (χ0n) is 37.4. The van der Waals surface area contributed by atoms with E-state index in [1.807, 2.05) is 146 Å². The maximum atomic E-state index is 11.6. The van der Waals surface area contributed by atoms with Gasteiger partial charge in [0.05, 0.1) is 23.7 Å². The van der Waals surface area contributed by atoms with Crippen LogP contribution in [0.3, 0.4) is 0 Å². The molecule has 0 amide bonds. The van der Waals surface area contributed by atoms with Gasteiger partial charge in [-0.2, -0.15) is 0 Å². The molecule has 0 heterocycles. The monoisotopic (exact) mass is 1090 g/mol. The predicted octanol–water partition coefficient (Wildman–Crippen LogP) is 12.4. The average molecular weight is 1090 g/mol. The van der Waals surface area contributed by atoms with E-state index in [-0.39, 0.29) is 39.0 Å². The van der Waals surface area contributed by atoms with Crippen LogP contribution in [0, 0.1) is 86.2 Å². The van der Waals surface area contributed by atoms with E-state index in [4.69, 9.17) is 18.6 Å². The number of hydrogen-bond acceptors (Lipinski definition) is 2. The molecule has 2 saturated carbocycles. The fourth-order valence-corrected chi connectivity index (χ4v) is 8.34. The second-order valence-corrected chi connectivity index (χ2v) is 14.6. The Labute approximate surface area is 438 Å². The first-order valence-corrected chi connectivity index (χ1v) is 21.0. The minimum absolute atomic E-state index is 0. The molecule has 8 heteroatoms. The van der Waals surface area contributed by atoms with E-state index in [0.29, 0.717) is 12.2 Å². The third-order valence-electron chi connectivity index (χ3n) is 10.9. The van der Waals surface area contributed by atoms with Gasteiger partial charge in [0.2, 0.25) is 0 Å². The van der Waals surface area contributed by atoms with Gasteiger partial charge in [0, 0.05) is 43.1 Å². The normalized spacial score (nSPS) is 14.5. The maximum absolute atomic E-state index is 11.6. The molecule has 0 aliphatic heterocycles.